The first-order chi connectivity index (χ1) is 15.3. The lowest BCUT2D eigenvalue weighted by atomic mass is 10.1. The molecule has 3 N–H and O–H groups in total. The number of aromatic nitrogens is 2. The number of methoxy groups -OCH3 is 2. The number of nitrogens with two attached hydrogens (primary N) is 1. The first kappa shape index (κ1) is 24.5. The van der Waals surface area contributed by atoms with Crippen molar-refractivity contribution in [3.05, 3.63) is 59.7 Å². The molecule has 0 bridgehead atoms. The molecule has 2 aromatic heterocycles. The third-order valence-corrected chi connectivity index (χ3v) is 6.59. The molecule has 0 aliphatic carbocycles. The monoisotopic (exact) mass is 508 g/mol. The van der Waals surface area contributed by atoms with Crippen LogP contribution in [0.5, 0.6) is 11.5 Å². The first-order valence-electron chi connectivity index (χ1n) is 9.39. The molecule has 2 aromatic carbocycles. The van der Waals surface area contributed by atoms with Crippen LogP contribution in [0.1, 0.15) is 5.69 Å². The maximum Gasteiger partial charge on any atom is 0.238 e. The second-order valence-electron chi connectivity index (χ2n) is 6.87. The van der Waals surface area contributed by atoms with Crippen molar-refractivity contribution in [1.29, 1.82) is 0 Å². The summed E-state index contributed by atoms with van der Waals surface area (Å²) in [6.07, 6.45) is 2.00. The van der Waals surface area contributed by atoms with Gasteiger partial charge in [0, 0.05) is 28.5 Å². The summed E-state index contributed by atoms with van der Waals surface area (Å²) in [6, 6.07) is 11.2. The molecular weight excluding hydrogens is 488 g/mol. The van der Waals surface area contributed by atoms with Gasteiger partial charge in [0.05, 0.1) is 31.2 Å². The Kier molecular flexibility index (Phi) is 7.28. The van der Waals surface area contributed by atoms with Gasteiger partial charge in [0.1, 0.15) is 0 Å². The Balaban J connectivity index is 0.00000306. The Hall–Kier alpha value is -3.12. The van der Waals surface area contributed by atoms with Gasteiger partial charge in [-0.15, -0.1) is 23.7 Å². The lowest BCUT2D eigenvalue weighted by Gasteiger charge is -2.08. The van der Waals surface area contributed by atoms with Gasteiger partial charge in [-0.3, -0.25) is 9.20 Å². The normalized spacial score (nSPS) is 11.1. The van der Waals surface area contributed by atoms with Gasteiger partial charge < -0.3 is 14.8 Å². The standard InChI is InChI=1S/C21H20N4O5S2.ClH/c1-29-18-8-3-13(9-19(18)30-2)17-11-25-15(12-31-21(25)24-17)10-20(26)23-14-4-6-16(7-5-14)32(22,27)28;/h3-9,11-12H,10H2,1-2H3,(H,23,26)(H2,22,27,28);1H. The molecule has 0 unspecified atom stereocenters. The van der Waals surface area contributed by atoms with Gasteiger partial charge in [-0.05, 0) is 42.5 Å². The minimum absolute atomic E-state index is 0. The van der Waals surface area contributed by atoms with Gasteiger partial charge in [-0.2, -0.15) is 0 Å². The Morgan fingerprint density at radius 3 is 2.45 bits per heavy atom. The Bertz CT molecular complexity index is 1400. The molecule has 0 radical (unpaired) electrons. The van der Waals surface area contributed by atoms with Crippen molar-refractivity contribution in [1.82, 2.24) is 9.38 Å². The molecule has 0 aliphatic heterocycles. The van der Waals surface area contributed by atoms with Crippen molar-refractivity contribution in [2.24, 2.45) is 5.14 Å². The van der Waals surface area contributed by atoms with Crippen molar-refractivity contribution < 1.29 is 22.7 Å². The Morgan fingerprint density at radius 2 is 1.82 bits per heavy atom. The zero-order chi connectivity index (χ0) is 22.9. The zero-order valence-corrected chi connectivity index (χ0v) is 20.1. The van der Waals surface area contributed by atoms with Crippen LogP contribution in [-0.4, -0.2) is 37.9 Å². The molecule has 0 saturated heterocycles. The van der Waals surface area contributed by atoms with Crippen LogP contribution in [-0.2, 0) is 21.2 Å². The number of primary sulfonamides is 1. The average molecular weight is 509 g/mol. The molecular formula is C21H21ClN4O5S2. The van der Waals surface area contributed by atoms with Crippen molar-refractivity contribution in [3.8, 4) is 22.8 Å². The number of hydrogen-bond acceptors (Lipinski definition) is 7. The van der Waals surface area contributed by atoms with Crippen LogP contribution in [0.2, 0.25) is 0 Å². The number of ether oxygens (including phenoxy) is 2. The highest BCUT2D eigenvalue weighted by Crippen LogP contribution is 2.32. The highest BCUT2D eigenvalue weighted by Gasteiger charge is 2.15. The molecule has 0 fully saturated rings. The number of halogens is 1. The first-order valence-corrected chi connectivity index (χ1v) is 11.8. The molecule has 0 atom stereocenters. The van der Waals surface area contributed by atoms with E-state index in [0.29, 0.717) is 17.2 Å². The minimum Gasteiger partial charge on any atom is -0.493 e. The molecule has 4 aromatic rings. The number of anilines is 1. The van der Waals surface area contributed by atoms with Crippen LogP contribution < -0.4 is 19.9 Å². The largest absolute Gasteiger partial charge is 0.493 e. The van der Waals surface area contributed by atoms with Crippen LogP contribution in [0.3, 0.4) is 0 Å². The van der Waals surface area contributed by atoms with Gasteiger partial charge in [-0.25, -0.2) is 18.5 Å². The average Bonchev–Trinajstić information content (AvgIpc) is 3.35. The van der Waals surface area contributed by atoms with Crippen LogP contribution in [0.25, 0.3) is 16.2 Å². The summed E-state index contributed by atoms with van der Waals surface area (Å²) in [5.41, 5.74) is 2.87. The molecule has 2 heterocycles. The third-order valence-electron chi connectivity index (χ3n) is 4.77. The van der Waals surface area contributed by atoms with E-state index in [1.165, 1.54) is 35.6 Å². The van der Waals surface area contributed by atoms with E-state index in [0.717, 1.165) is 21.9 Å². The molecule has 0 saturated carbocycles. The fourth-order valence-electron chi connectivity index (χ4n) is 3.19. The van der Waals surface area contributed by atoms with Crippen LogP contribution >= 0.6 is 23.7 Å². The quantitative estimate of drug-likeness (QED) is 0.394. The molecule has 1 amide bonds. The van der Waals surface area contributed by atoms with Crippen LogP contribution in [0.15, 0.2) is 58.9 Å². The van der Waals surface area contributed by atoms with E-state index < -0.39 is 10.0 Å². The van der Waals surface area contributed by atoms with Gasteiger partial charge in [0.25, 0.3) is 0 Å². The van der Waals surface area contributed by atoms with Gasteiger partial charge in [0.2, 0.25) is 15.9 Å². The number of sulfonamides is 1. The number of benzene rings is 2. The summed E-state index contributed by atoms with van der Waals surface area (Å²) < 4.78 is 35.2. The number of carbonyl (C=O) groups excluding carboxylic acids is 1. The number of fused-ring (bicyclic) bond motifs is 1. The number of amides is 1. The Labute approximate surface area is 200 Å². The number of carbonyl (C=O) groups is 1. The molecule has 4 rings (SSSR count). The maximum atomic E-state index is 12.5. The fraction of sp³-hybridized carbons (Fsp3) is 0.143. The Morgan fingerprint density at radius 1 is 1.12 bits per heavy atom. The van der Waals surface area contributed by atoms with Gasteiger partial charge in [-0.1, -0.05) is 0 Å². The van der Waals surface area contributed by atoms with Gasteiger partial charge in [0.15, 0.2) is 16.5 Å². The van der Waals surface area contributed by atoms with E-state index in [1.54, 1.807) is 14.2 Å². The van der Waals surface area contributed by atoms with Crippen LogP contribution in [0, 0.1) is 0 Å². The highest BCUT2D eigenvalue weighted by atomic mass is 35.5. The van der Waals surface area contributed by atoms with E-state index in [4.69, 9.17) is 14.6 Å². The van der Waals surface area contributed by atoms with Crippen molar-refractivity contribution >= 4 is 50.3 Å². The lowest BCUT2D eigenvalue weighted by Crippen LogP contribution is -2.16. The van der Waals surface area contributed by atoms with E-state index in [9.17, 15) is 13.2 Å². The van der Waals surface area contributed by atoms with Gasteiger partial charge >= 0.3 is 0 Å². The van der Waals surface area contributed by atoms with Crippen molar-refractivity contribution in [3.63, 3.8) is 0 Å². The number of hydrogen-bond donors (Lipinski definition) is 2. The van der Waals surface area contributed by atoms with E-state index in [-0.39, 0.29) is 29.6 Å². The molecule has 12 heteroatoms. The summed E-state index contributed by atoms with van der Waals surface area (Å²) in [6.45, 7) is 0. The second-order valence-corrected chi connectivity index (χ2v) is 9.27. The predicted octanol–water partition coefficient (Wildman–Crippen LogP) is 3.33. The van der Waals surface area contributed by atoms with Crippen LogP contribution in [0.4, 0.5) is 5.69 Å². The van der Waals surface area contributed by atoms with E-state index >= 15 is 0 Å². The summed E-state index contributed by atoms with van der Waals surface area (Å²) in [5, 5.41) is 9.73. The lowest BCUT2D eigenvalue weighted by molar-refractivity contribution is -0.115. The molecule has 0 spiro atoms. The van der Waals surface area contributed by atoms with E-state index in [1.807, 2.05) is 34.2 Å². The summed E-state index contributed by atoms with van der Waals surface area (Å²) in [7, 11) is -0.624. The summed E-state index contributed by atoms with van der Waals surface area (Å²) in [5.74, 6) is 0.996. The minimum atomic E-state index is -3.78. The second kappa shape index (κ2) is 9.79. The summed E-state index contributed by atoms with van der Waals surface area (Å²) in [4.78, 5) is 17.9. The highest BCUT2D eigenvalue weighted by molar-refractivity contribution is 7.89. The number of imidazole rings is 1. The topological polar surface area (TPSA) is 125 Å². The molecule has 33 heavy (non-hydrogen) atoms. The third kappa shape index (κ3) is 5.28. The van der Waals surface area contributed by atoms with Crippen molar-refractivity contribution in [2.45, 2.75) is 11.3 Å². The number of nitrogens with one attached hydrogen (secondary N) is 1. The molecule has 9 nitrogen and oxygen atoms in total. The number of thiazole rings is 1. The van der Waals surface area contributed by atoms with Crippen molar-refractivity contribution in [2.75, 3.05) is 19.5 Å². The fourth-order valence-corrected chi connectivity index (χ4v) is 4.58. The smallest absolute Gasteiger partial charge is 0.238 e. The molecule has 174 valence electrons. The molecule has 0 aliphatic rings. The summed E-state index contributed by atoms with van der Waals surface area (Å²) >= 11 is 1.44. The van der Waals surface area contributed by atoms with E-state index in [2.05, 4.69) is 10.3 Å². The predicted molar refractivity (Wildman–Crippen MR) is 129 cm³/mol. The number of rotatable bonds is 7. The number of nitrogens with zero attached hydrogens (tertiary/aromatic N) is 2. The maximum absolute atomic E-state index is 12.5. The SMILES string of the molecule is COc1ccc(-c2cn3c(CC(=O)Nc4ccc(S(N)(=O)=O)cc4)csc3n2)cc1OC.Cl. The zero-order valence-electron chi connectivity index (χ0n) is 17.6.